The molecule has 1 amide bonds. The van der Waals surface area contributed by atoms with E-state index in [0.717, 1.165) is 11.2 Å². The van der Waals surface area contributed by atoms with Crippen molar-refractivity contribution in [1.29, 1.82) is 0 Å². The second kappa shape index (κ2) is 9.37. The molecule has 11 nitrogen and oxygen atoms in total. The molecule has 0 saturated carbocycles. The molecule has 13 heteroatoms. The number of amides is 1. The van der Waals surface area contributed by atoms with Gasteiger partial charge in [0.2, 0.25) is 10.0 Å². The molecule has 2 aromatic heterocycles. The number of thioether (sulfide) groups is 1. The van der Waals surface area contributed by atoms with Crippen LogP contribution in [0.3, 0.4) is 0 Å². The average Bonchev–Trinajstić information content (AvgIpc) is 3.46. The molecule has 1 aliphatic rings. The van der Waals surface area contributed by atoms with Gasteiger partial charge in [0.05, 0.1) is 15.6 Å². The number of furan rings is 1. The maximum atomic E-state index is 12.9. The Morgan fingerprint density at radius 3 is 2.64 bits per heavy atom. The fourth-order valence-corrected chi connectivity index (χ4v) is 5.68. The van der Waals surface area contributed by atoms with Gasteiger partial charge in [-0.05, 0) is 18.2 Å². The molecule has 1 saturated heterocycles. The molecule has 0 bridgehead atoms. The van der Waals surface area contributed by atoms with Gasteiger partial charge in [0, 0.05) is 57.8 Å². The van der Waals surface area contributed by atoms with Gasteiger partial charge in [-0.25, -0.2) is 13.4 Å². The van der Waals surface area contributed by atoms with Crippen LogP contribution in [0.4, 0.5) is 5.69 Å². The Labute approximate surface area is 194 Å². The van der Waals surface area contributed by atoms with E-state index in [2.05, 4.69) is 4.98 Å². The molecule has 0 unspecified atom stereocenters. The first-order valence-electron chi connectivity index (χ1n) is 9.98. The molecule has 1 aromatic carbocycles. The number of carbonyl (C=O) groups is 1. The molecular weight excluding hydrogens is 470 g/mol. The SMILES string of the molecule is Cn1ccnc1SCc1ccc(C(=O)N2CCN(S(=O)(=O)c3cccc([N+](=O)[O-])c3)CC2)o1. The number of nitro groups is 1. The zero-order chi connectivity index (χ0) is 23.6. The molecule has 0 N–H and O–H groups in total. The van der Waals surface area contributed by atoms with Gasteiger partial charge in [-0.2, -0.15) is 4.31 Å². The predicted molar refractivity (Wildman–Crippen MR) is 119 cm³/mol. The Kier molecular flexibility index (Phi) is 6.54. The maximum Gasteiger partial charge on any atom is 0.289 e. The van der Waals surface area contributed by atoms with Crippen molar-refractivity contribution in [2.24, 2.45) is 7.05 Å². The van der Waals surface area contributed by atoms with Crippen LogP contribution in [-0.2, 0) is 22.8 Å². The van der Waals surface area contributed by atoms with Crippen LogP contribution in [0.5, 0.6) is 0 Å². The summed E-state index contributed by atoms with van der Waals surface area (Å²) in [6.45, 7) is 0.536. The lowest BCUT2D eigenvalue weighted by Gasteiger charge is -2.33. The highest BCUT2D eigenvalue weighted by atomic mass is 32.2. The topological polar surface area (TPSA) is 132 Å². The van der Waals surface area contributed by atoms with E-state index < -0.39 is 14.9 Å². The summed E-state index contributed by atoms with van der Waals surface area (Å²) < 4.78 is 34.6. The summed E-state index contributed by atoms with van der Waals surface area (Å²) in [6.07, 6.45) is 3.55. The van der Waals surface area contributed by atoms with Gasteiger partial charge in [0.25, 0.3) is 11.6 Å². The number of nitro benzene ring substituents is 1. The largest absolute Gasteiger partial charge is 0.455 e. The average molecular weight is 492 g/mol. The first-order chi connectivity index (χ1) is 15.8. The Hall–Kier alpha value is -3.16. The number of benzene rings is 1. The van der Waals surface area contributed by atoms with E-state index in [1.54, 1.807) is 18.3 Å². The minimum atomic E-state index is -3.90. The molecule has 0 spiro atoms. The second-order valence-corrected chi connectivity index (χ2v) is 10.2. The molecular formula is C20H21N5O6S2. The van der Waals surface area contributed by atoms with E-state index in [1.807, 2.05) is 17.8 Å². The molecule has 0 aliphatic carbocycles. The van der Waals surface area contributed by atoms with Gasteiger partial charge < -0.3 is 13.9 Å². The van der Waals surface area contributed by atoms with E-state index in [4.69, 9.17) is 4.42 Å². The Morgan fingerprint density at radius 2 is 1.97 bits per heavy atom. The first-order valence-corrected chi connectivity index (χ1v) is 12.4. The smallest absolute Gasteiger partial charge is 0.289 e. The summed E-state index contributed by atoms with van der Waals surface area (Å²) in [4.78, 5) is 28.8. The summed E-state index contributed by atoms with van der Waals surface area (Å²) in [6, 6.07) is 8.30. The van der Waals surface area contributed by atoms with E-state index >= 15 is 0 Å². The molecule has 4 rings (SSSR count). The van der Waals surface area contributed by atoms with Crippen molar-refractivity contribution in [3.8, 4) is 0 Å². The standard InChI is InChI=1S/C20H21N5O6S2/c1-22-8-7-21-20(22)32-14-16-5-6-18(31-16)19(26)23-9-11-24(12-10-23)33(29,30)17-4-2-3-15(13-17)25(27)28/h2-8,13H,9-12,14H2,1H3. The van der Waals surface area contributed by atoms with Gasteiger partial charge in [0.15, 0.2) is 10.9 Å². The monoisotopic (exact) mass is 491 g/mol. The van der Waals surface area contributed by atoms with Gasteiger partial charge in [-0.3, -0.25) is 14.9 Å². The van der Waals surface area contributed by atoms with E-state index in [-0.39, 0.29) is 48.4 Å². The van der Waals surface area contributed by atoms with Gasteiger partial charge in [-0.1, -0.05) is 17.8 Å². The second-order valence-electron chi connectivity index (χ2n) is 7.33. The van der Waals surface area contributed by atoms with Crippen LogP contribution in [0.15, 0.2) is 63.3 Å². The number of nitrogens with zero attached hydrogens (tertiary/aromatic N) is 5. The third-order valence-corrected chi connectivity index (χ3v) is 8.16. The molecule has 1 fully saturated rings. The highest BCUT2D eigenvalue weighted by Gasteiger charge is 2.32. The number of hydrogen-bond donors (Lipinski definition) is 0. The minimum Gasteiger partial charge on any atom is -0.455 e. The lowest BCUT2D eigenvalue weighted by atomic mass is 10.3. The fraction of sp³-hybridized carbons (Fsp3) is 0.300. The number of carbonyl (C=O) groups excluding carboxylic acids is 1. The Balaban J connectivity index is 1.36. The number of imidazole rings is 1. The normalized spacial score (nSPS) is 15.0. The van der Waals surface area contributed by atoms with Crippen molar-refractivity contribution in [3.05, 3.63) is 70.4 Å². The first kappa shape index (κ1) is 23.0. The van der Waals surface area contributed by atoms with Crippen LogP contribution < -0.4 is 0 Å². The van der Waals surface area contributed by atoms with Crippen molar-refractivity contribution >= 4 is 33.4 Å². The number of aromatic nitrogens is 2. The summed E-state index contributed by atoms with van der Waals surface area (Å²) in [5.74, 6) is 1.04. The number of aryl methyl sites for hydroxylation is 1. The molecule has 0 radical (unpaired) electrons. The number of piperazine rings is 1. The number of hydrogen-bond acceptors (Lipinski definition) is 8. The molecule has 0 atom stereocenters. The van der Waals surface area contributed by atoms with Crippen molar-refractivity contribution in [3.63, 3.8) is 0 Å². The minimum absolute atomic E-state index is 0.0827. The van der Waals surface area contributed by atoms with Crippen molar-refractivity contribution in [2.45, 2.75) is 15.8 Å². The summed E-state index contributed by atoms with van der Waals surface area (Å²) in [5, 5.41) is 11.8. The van der Waals surface area contributed by atoms with Crippen molar-refractivity contribution < 1.29 is 22.6 Å². The molecule has 1 aliphatic heterocycles. The van der Waals surface area contributed by atoms with Gasteiger partial charge >= 0.3 is 0 Å². The maximum absolute atomic E-state index is 12.9. The van der Waals surface area contributed by atoms with Crippen LogP contribution in [0.25, 0.3) is 0 Å². The fourth-order valence-electron chi connectivity index (χ4n) is 3.39. The van der Waals surface area contributed by atoms with Crippen LogP contribution >= 0.6 is 11.8 Å². The lowest BCUT2D eigenvalue weighted by molar-refractivity contribution is -0.385. The van der Waals surface area contributed by atoms with Gasteiger partial charge in [-0.15, -0.1) is 0 Å². The Bertz CT molecular complexity index is 1280. The lowest BCUT2D eigenvalue weighted by Crippen LogP contribution is -2.50. The highest BCUT2D eigenvalue weighted by molar-refractivity contribution is 7.98. The predicted octanol–water partition coefficient (Wildman–Crippen LogP) is 2.36. The number of rotatable bonds is 7. The van der Waals surface area contributed by atoms with Crippen molar-refractivity contribution in [2.75, 3.05) is 26.2 Å². The summed E-state index contributed by atoms with van der Waals surface area (Å²) in [7, 11) is -2.01. The van der Waals surface area contributed by atoms with Crippen molar-refractivity contribution in [1.82, 2.24) is 18.8 Å². The quantitative estimate of drug-likeness (QED) is 0.280. The third kappa shape index (κ3) is 4.94. The summed E-state index contributed by atoms with van der Waals surface area (Å²) in [5.41, 5.74) is -0.292. The summed E-state index contributed by atoms with van der Waals surface area (Å²) >= 11 is 1.49. The van der Waals surface area contributed by atoms with E-state index in [9.17, 15) is 23.3 Å². The zero-order valence-corrected chi connectivity index (χ0v) is 19.3. The molecule has 3 aromatic rings. The van der Waals surface area contributed by atoms with Crippen LogP contribution in [0.1, 0.15) is 16.3 Å². The van der Waals surface area contributed by atoms with Crippen LogP contribution in [-0.4, -0.2) is 64.2 Å². The van der Waals surface area contributed by atoms with E-state index in [1.165, 1.54) is 39.2 Å². The van der Waals surface area contributed by atoms with Crippen LogP contribution in [0.2, 0.25) is 0 Å². The Morgan fingerprint density at radius 1 is 1.21 bits per heavy atom. The van der Waals surface area contributed by atoms with E-state index in [0.29, 0.717) is 11.5 Å². The molecule has 3 heterocycles. The van der Waals surface area contributed by atoms with Crippen LogP contribution in [0, 0.1) is 10.1 Å². The number of sulfonamides is 1. The third-order valence-electron chi connectivity index (χ3n) is 5.19. The highest BCUT2D eigenvalue weighted by Crippen LogP contribution is 2.24. The zero-order valence-electron chi connectivity index (χ0n) is 17.7. The number of non-ortho nitro benzene ring substituents is 1. The van der Waals surface area contributed by atoms with Gasteiger partial charge in [0.1, 0.15) is 5.76 Å². The molecule has 174 valence electrons. The molecule has 33 heavy (non-hydrogen) atoms.